The lowest BCUT2D eigenvalue weighted by Gasteiger charge is -2.03. The molecular formula is C16H20N2O. The van der Waals surface area contributed by atoms with E-state index in [2.05, 4.69) is 12.0 Å². The molecule has 2 rings (SSSR count). The maximum atomic E-state index is 12.4. The molecule has 1 aromatic carbocycles. The number of aryl methyl sites for hydroxylation is 3. The van der Waals surface area contributed by atoms with Crippen LogP contribution in [0.5, 0.6) is 0 Å². The second kappa shape index (κ2) is 5.83. The molecule has 3 nitrogen and oxygen atoms in total. The van der Waals surface area contributed by atoms with E-state index in [1.165, 1.54) is 5.56 Å². The molecule has 3 heteroatoms. The number of rotatable bonds is 5. The molecule has 0 aliphatic heterocycles. The third kappa shape index (κ3) is 2.92. The molecule has 0 amide bonds. The summed E-state index contributed by atoms with van der Waals surface area (Å²) in [6.07, 6.45) is 3.02. The van der Waals surface area contributed by atoms with Crippen molar-refractivity contribution in [3.05, 3.63) is 52.8 Å². The zero-order valence-corrected chi connectivity index (χ0v) is 11.8. The highest BCUT2D eigenvalue weighted by molar-refractivity contribution is 6.07. The average Bonchev–Trinajstić information content (AvgIpc) is 2.80. The van der Waals surface area contributed by atoms with E-state index in [0.29, 0.717) is 5.69 Å². The van der Waals surface area contributed by atoms with Crippen molar-refractivity contribution in [2.75, 3.05) is 0 Å². The lowest BCUT2D eigenvalue weighted by atomic mass is 10.0. The van der Waals surface area contributed by atoms with Crippen molar-refractivity contribution in [2.45, 2.75) is 33.1 Å². The molecule has 0 aliphatic carbocycles. The van der Waals surface area contributed by atoms with E-state index in [1.807, 2.05) is 44.3 Å². The minimum Gasteiger partial charge on any atom is -0.287 e. The highest BCUT2D eigenvalue weighted by Gasteiger charge is 2.14. The van der Waals surface area contributed by atoms with E-state index in [0.717, 1.165) is 30.5 Å². The maximum absolute atomic E-state index is 12.4. The zero-order chi connectivity index (χ0) is 13.8. The molecule has 100 valence electrons. The summed E-state index contributed by atoms with van der Waals surface area (Å²) in [5.74, 6) is 0.0396. The first-order chi connectivity index (χ1) is 9.15. The summed E-state index contributed by atoms with van der Waals surface area (Å²) in [6, 6.07) is 9.77. The topological polar surface area (TPSA) is 34.9 Å². The molecular weight excluding hydrogens is 236 g/mol. The highest BCUT2D eigenvalue weighted by Crippen LogP contribution is 2.13. The van der Waals surface area contributed by atoms with Gasteiger partial charge in [-0.05, 0) is 24.5 Å². The Kier molecular flexibility index (Phi) is 4.15. The fourth-order valence-corrected chi connectivity index (χ4v) is 2.17. The monoisotopic (exact) mass is 256 g/mol. The summed E-state index contributed by atoms with van der Waals surface area (Å²) in [6.45, 7) is 4.19. The Hall–Kier alpha value is -1.90. The van der Waals surface area contributed by atoms with Crippen LogP contribution in [-0.2, 0) is 19.9 Å². The number of hydrogen-bond donors (Lipinski definition) is 0. The Morgan fingerprint density at radius 3 is 2.42 bits per heavy atom. The minimum atomic E-state index is 0.0396. The first-order valence-electron chi connectivity index (χ1n) is 6.82. The summed E-state index contributed by atoms with van der Waals surface area (Å²) in [5, 5.41) is 4.32. The summed E-state index contributed by atoms with van der Waals surface area (Å²) in [7, 11) is 1.82. The number of hydrogen-bond acceptors (Lipinski definition) is 2. The van der Waals surface area contributed by atoms with Crippen LogP contribution in [0.2, 0.25) is 0 Å². The first kappa shape index (κ1) is 13.5. The van der Waals surface area contributed by atoms with Crippen LogP contribution in [0, 0.1) is 0 Å². The number of aromatic nitrogens is 2. The Labute approximate surface area is 114 Å². The standard InChI is InChI=1S/C16H20N2O/c1-4-6-12-7-9-13(10-8-12)16(19)15-11-14(5-2)17-18(15)3/h7-11H,4-6H2,1-3H3. The fourth-order valence-electron chi connectivity index (χ4n) is 2.17. The molecule has 0 saturated carbocycles. The van der Waals surface area contributed by atoms with E-state index in [9.17, 15) is 4.79 Å². The summed E-state index contributed by atoms with van der Waals surface area (Å²) in [5.41, 5.74) is 3.61. The second-order valence-electron chi connectivity index (χ2n) is 4.77. The molecule has 0 saturated heterocycles. The number of benzene rings is 1. The molecule has 0 aliphatic rings. The summed E-state index contributed by atoms with van der Waals surface area (Å²) >= 11 is 0. The van der Waals surface area contributed by atoms with Crippen molar-refractivity contribution in [1.29, 1.82) is 0 Å². The molecule has 1 heterocycles. The van der Waals surface area contributed by atoms with Crippen LogP contribution in [0.1, 0.15) is 47.6 Å². The minimum absolute atomic E-state index is 0.0396. The number of carbonyl (C=O) groups is 1. The molecule has 0 bridgehead atoms. The molecule has 0 fully saturated rings. The van der Waals surface area contributed by atoms with Crippen molar-refractivity contribution in [3.8, 4) is 0 Å². The van der Waals surface area contributed by atoms with Crippen molar-refractivity contribution >= 4 is 5.78 Å². The van der Waals surface area contributed by atoms with Crippen LogP contribution >= 0.6 is 0 Å². The van der Waals surface area contributed by atoms with Gasteiger partial charge in [-0.25, -0.2) is 0 Å². The number of carbonyl (C=O) groups excluding carboxylic acids is 1. The third-order valence-corrected chi connectivity index (χ3v) is 3.28. The number of ketones is 1. The smallest absolute Gasteiger partial charge is 0.211 e. The lowest BCUT2D eigenvalue weighted by molar-refractivity contribution is 0.103. The maximum Gasteiger partial charge on any atom is 0.211 e. The van der Waals surface area contributed by atoms with Gasteiger partial charge in [0.25, 0.3) is 0 Å². The average molecular weight is 256 g/mol. The Bertz CT molecular complexity index is 567. The van der Waals surface area contributed by atoms with Crippen molar-refractivity contribution in [1.82, 2.24) is 9.78 Å². The molecule has 0 unspecified atom stereocenters. The highest BCUT2D eigenvalue weighted by atomic mass is 16.1. The largest absolute Gasteiger partial charge is 0.287 e. The molecule has 2 aromatic rings. The summed E-state index contributed by atoms with van der Waals surface area (Å²) in [4.78, 5) is 12.4. The van der Waals surface area contributed by atoms with E-state index < -0.39 is 0 Å². The van der Waals surface area contributed by atoms with Crippen molar-refractivity contribution in [2.24, 2.45) is 7.05 Å². The second-order valence-corrected chi connectivity index (χ2v) is 4.77. The van der Waals surface area contributed by atoms with Crippen LogP contribution in [0.3, 0.4) is 0 Å². The number of nitrogens with zero attached hydrogens (tertiary/aromatic N) is 2. The van der Waals surface area contributed by atoms with E-state index in [-0.39, 0.29) is 5.78 Å². The molecule has 1 aromatic heterocycles. The van der Waals surface area contributed by atoms with Gasteiger partial charge in [0.2, 0.25) is 5.78 Å². The van der Waals surface area contributed by atoms with Crippen LogP contribution < -0.4 is 0 Å². The van der Waals surface area contributed by atoms with Crippen LogP contribution in [0.4, 0.5) is 0 Å². The van der Waals surface area contributed by atoms with Crippen LogP contribution in [-0.4, -0.2) is 15.6 Å². The molecule has 0 radical (unpaired) electrons. The normalized spacial score (nSPS) is 10.7. The van der Waals surface area contributed by atoms with Gasteiger partial charge in [-0.15, -0.1) is 0 Å². The van der Waals surface area contributed by atoms with Gasteiger partial charge in [-0.2, -0.15) is 5.10 Å². The van der Waals surface area contributed by atoms with Gasteiger partial charge >= 0.3 is 0 Å². The predicted octanol–water partition coefficient (Wildman–Crippen LogP) is 3.17. The van der Waals surface area contributed by atoms with Crippen molar-refractivity contribution in [3.63, 3.8) is 0 Å². The van der Waals surface area contributed by atoms with E-state index in [4.69, 9.17) is 0 Å². The fraction of sp³-hybridized carbons (Fsp3) is 0.375. The molecule has 0 spiro atoms. The van der Waals surface area contributed by atoms with Gasteiger partial charge in [0.15, 0.2) is 0 Å². The van der Waals surface area contributed by atoms with Gasteiger partial charge in [-0.3, -0.25) is 9.48 Å². The molecule has 0 N–H and O–H groups in total. The van der Waals surface area contributed by atoms with Gasteiger partial charge in [0, 0.05) is 12.6 Å². The van der Waals surface area contributed by atoms with E-state index >= 15 is 0 Å². The van der Waals surface area contributed by atoms with Crippen LogP contribution in [0.15, 0.2) is 30.3 Å². The lowest BCUT2D eigenvalue weighted by Crippen LogP contribution is -2.08. The van der Waals surface area contributed by atoms with Crippen molar-refractivity contribution < 1.29 is 4.79 Å². The quantitative estimate of drug-likeness (QED) is 0.770. The predicted molar refractivity (Wildman–Crippen MR) is 76.5 cm³/mol. The third-order valence-electron chi connectivity index (χ3n) is 3.28. The van der Waals surface area contributed by atoms with Gasteiger partial charge < -0.3 is 0 Å². The Balaban J connectivity index is 2.25. The van der Waals surface area contributed by atoms with Gasteiger partial charge in [-0.1, -0.05) is 44.5 Å². The summed E-state index contributed by atoms with van der Waals surface area (Å²) < 4.78 is 1.67. The van der Waals surface area contributed by atoms with E-state index in [1.54, 1.807) is 4.68 Å². The van der Waals surface area contributed by atoms with Crippen LogP contribution in [0.25, 0.3) is 0 Å². The molecule has 19 heavy (non-hydrogen) atoms. The molecule has 0 atom stereocenters. The van der Waals surface area contributed by atoms with Gasteiger partial charge in [0.05, 0.1) is 5.69 Å². The Morgan fingerprint density at radius 1 is 1.21 bits per heavy atom. The first-order valence-corrected chi connectivity index (χ1v) is 6.82. The SMILES string of the molecule is CCCc1ccc(C(=O)c2cc(CC)nn2C)cc1. The Morgan fingerprint density at radius 2 is 1.89 bits per heavy atom. The van der Waals surface area contributed by atoms with Gasteiger partial charge in [0.1, 0.15) is 5.69 Å². The zero-order valence-electron chi connectivity index (χ0n) is 11.8.